The van der Waals surface area contributed by atoms with E-state index in [1.807, 2.05) is 6.92 Å². The van der Waals surface area contributed by atoms with Crippen LogP contribution in [0.5, 0.6) is 0 Å². The predicted octanol–water partition coefficient (Wildman–Crippen LogP) is 2.74. The fourth-order valence-corrected chi connectivity index (χ4v) is 1.36. The molecule has 0 aromatic heterocycles. The zero-order chi connectivity index (χ0) is 12.1. The average molecular weight is 244 g/mol. The number of carbonyl (C=O) groups excluding carboxylic acids is 1. The molecule has 0 heterocycles. The molecule has 0 aliphatic heterocycles. The zero-order valence-corrected chi connectivity index (χ0v) is 10.1. The van der Waals surface area contributed by atoms with Gasteiger partial charge in [0.2, 0.25) is 0 Å². The highest BCUT2D eigenvalue weighted by atomic mass is 35.5. The molecule has 2 nitrogen and oxygen atoms in total. The molecule has 1 amide bonds. The van der Waals surface area contributed by atoms with E-state index in [-0.39, 0.29) is 11.8 Å². The summed E-state index contributed by atoms with van der Waals surface area (Å²) in [4.78, 5) is 11.7. The molecule has 88 valence electrons. The van der Waals surface area contributed by atoms with Crippen molar-refractivity contribution in [2.45, 2.75) is 13.8 Å². The first-order chi connectivity index (χ1) is 7.54. The molecule has 0 saturated carbocycles. The molecule has 1 unspecified atom stereocenters. The maximum atomic E-state index is 13.0. The lowest BCUT2D eigenvalue weighted by Gasteiger charge is -2.10. The van der Waals surface area contributed by atoms with E-state index >= 15 is 0 Å². The minimum Gasteiger partial charge on any atom is -0.352 e. The molecule has 0 aliphatic carbocycles. The van der Waals surface area contributed by atoms with E-state index in [0.29, 0.717) is 18.0 Å². The van der Waals surface area contributed by atoms with Crippen molar-refractivity contribution in [2.75, 3.05) is 12.4 Å². The van der Waals surface area contributed by atoms with Crippen LogP contribution in [0.4, 0.5) is 4.39 Å². The second-order valence-electron chi connectivity index (χ2n) is 3.93. The molecule has 1 rings (SSSR count). The van der Waals surface area contributed by atoms with Crippen molar-refractivity contribution in [1.29, 1.82) is 0 Å². The number of carbonyl (C=O) groups is 1. The van der Waals surface area contributed by atoms with E-state index in [1.165, 1.54) is 12.1 Å². The Morgan fingerprint density at radius 2 is 2.25 bits per heavy atom. The Balaban J connectivity index is 2.69. The van der Waals surface area contributed by atoms with Gasteiger partial charge in [0.15, 0.2) is 0 Å². The van der Waals surface area contributed by atoms with E-state index in [1.54, 1.807) is 13.0 Å². The number of halogens is 2. The van der Waals surface area contributed by atoms with Crippen LogP contribution in [0.15, 0.2) is 18.2 Å². The Bertz CT molecular complexity index is 381. The lowest BCUT2D eigenvalue weighted by Crippen LogP contribution is -2.29. The fourth-order valence-electron chi connectivity index (χ4n) is 1.26. The van der Waals surface area contributed by atoms with Gasteiger partial charge in [-0.3, -0.25) is 4.79 Å². The van der Waals surface area contributed by atoms with E-state index in [2.05, 4.69) is 5.32 Å². The molecule has 0 saturated heterocycles. The number of amides is 1. The van der Waals surface area contributed by atoms with Crippen molar-refractivity contribution in [3.63, 3.8) is 0 Å². The monoisotopic (exact) mass is 243 g/mol. The van der Waals surface area contributed by atoms with Gasteiger partial charge in [-0.1, -0.05) is 13.0 Å². The number of hydrogen-bond donors (Lipinski definition) is 1. The summed E-state index contributed by atoms with van der Waals surface area (Å²) in [6.07, 6.45) is 0. The van der Waals surface area contributed by atoms with Crippen LogP contribution in [-0.4, -0.2) is 18.3 Å². The number of benzene rings is 1. The van der Waals surface area contributed by atoms with Crippen molar-refractivity contribution in [3.8, 4) is 0 Å². The minimum atomic E-state index is -0.402. The predicted molar refractivity (Wildman–Crippen MR) is 63.4 cm³/mol. The van der Waals surface area contributed by atoms with Gasteiger partial charge in [0.1, 0.15) is 5.82 Å². The molecule has 1 atom stereocenters. The Labute approximate surface area is 99.8 Å². The number of aryl methyl sites for hydroxylation is 1. The summed E-state index contributed by atoms with van der Waals surface area (Å²) >= 11 is 5.63. The summed E-state index contributed by atoms with van der Waals surface area (Å²) in [7, 11) is 0. The van der Waals surface area contributed by atoms with Crippen LogP contribution in [0.25, 0.3) is 0 Å². The van der Waals surface area contributed by atoms with Crippen LogP contribution in [0.3, 0.4) is 0 Å². The minimum absolute atomic E-state index is 0.208. The highest BCUT2D eigenvalue weighted by Crippen LogP contribution is 2.10. The maximum Gasteiger partial charge on any atom is 0.251 e. The summed E-state index contributed by atoms with van der Waals surface area (Å²) in [5, 5.41) is 2.73. The van der Waals surface area contributed by atoms with Crippen molar-refractivity contribution >= 4 is 17.5 Å². The molecule has 0 radical (unpaired) electrons. The highest BCUT2D eigenvalue weighted by Gasteiger charge is 2.10. The quantitative estimate of drug-likeness (QED) is 0.810. The van der Waals surface area contributed by atoms with Gasteiger partial charge in [-0.2, -0.15) is 0 Å². The Morgan fingerprint density at radius 3 is 2.88 bits per heavy atom. The lowest BCUT2D eigenvalue weighted by molar-refractivity contribution is 0.0948. The van der Waals surface area contributed by atoms with Crippen LogP contribution < -0.4 is 5.32 Å². The number of nitrogens with one attached hydrogen (secondary N) is 1. The van der Waals surface area contributed by atoms with E-state index in [4.69, 9.17) is 11.6 Å². The fraction of sp³-hybridized carbons (Fsp3) is 0.417. The molecule has 0 spiro atoms. The van der Waals surface area contributed by atoms with E-state index < -0.39 is 5.82 Å². The molecule has 1 N–H and O–H groups in total. The van der Waals surface area contributed by atoms with Crippen molar-refractivity contribution in [2.24, 2.45) is 5.92 Å². The van der Waals surface area contributed by atoms with Gasteiger partial charge in [0, 0.05) is 18.0 Å². The molecule has 4 heteroatoms. The van der Waals surface area contributed by atoms with Gasteiger partial charge < -0.3 is 5.32 Å². The summed E-state index contributed by atoms with van der Waals surface area (Å²) < 4.78 is 13.0. The highest BCUT2D eigenvalue weighted by molar-refractivity contribution is 6.18. The standard InChI is InChI=1S/C12H15ClFNO/c1-8(6-13)7-15-12(16)11-5-10(14)4-3-9(11)2/h3-5,8H,6-7H2,1-2H3,(H,15,16). The summed E-state index contributed by atoms with van der Waals surface area (Å²) in [6, 6.07) is 4.18. The van der Waals surface area contributed by atoms with Crippen LogP contribution in [0.2, 0.25) is 0 Å². The molecule has 1 aromatic rings. The summed E-state index contributed by atoms with van der Waals surface area (Å²) in [5.74, 6) is 0.0391. The molecule has 0 bridgehead atoms. The Hall–Kier alpha value is -1.09. The van der Waals surface area contributed by atoms with Gasteiger partial charge in [0.25, 0.3) is 5.91 Å². The van der Waals surface area contributed by atoms with E-state index in [0.717, 1.165) is 5.56 Å². The average Bonchev–Trinajstić information content (AvgIpc) is 2.28. The third-order valence-electron chi connectivity index (χ3n) is 2.32. The Kier molecular flexibility index (Phi) is 4.74. The SMILES string of the molecule is Cc1ccc(F)cc1C(=O)NCC(C)CCl. The van der Waals surface area contributed by atoms with Gasteiger partial charge in [-0.05, 0) is 30.5 Å². The molecular weight excluding hydrogens is 229 g/mol. The molecule has 0 aliphatic rings. The summed E-state index contributed by atoms with van der Waals surface area (Å²) in [6.45, 7) is 4.21. The second kappa shape index (κ2) is 5.85. The normalized spacial score (nSPS) is 12.2. The van der Waals surface area contributed by atoms with Crippen molar-refractivity contribution in [3.05, 3.63) is 35.1 Å². The maximum absolute atomic E-state index is 13.0. The van der Waals surface area contributed by atoms with Gasteiger partial charge >= 0.3 is 0 Å². The largest absolute Gasteiger partial charge is 0.352 e. The van der Waals surface area contributed by atoms with Crippen molar-refractivity contribution in [1.82, 2.24) is 5.32 Å². The van der Waals surface area contributed by atoms with E-state index in [9.17, 15) is 9.18 Å². The van der Waals surface area contributed by atoms with Gasteiger partial charge in [0.05, 0.1) is 0 Å². The number of rotatable bonds is 4. The first-order valence-corrected chi connectivity index (χ1v) is 5.68. The molecule has 1 aromatic carbocycles. The van der Waals surface area contributed by atoms with Crippen LogP contribution in [-0.2, 0) is 0 Å². The van der Waals surface area contributed by atoms with Crippen LogP contribution in [0, 0.1) is 18.7 Å². The first kappa shape index (κ1) is 13.0. The molecule has 0 fully saturated rings. The van der Waals surface area contributed by atoms with Crippen molar-refractivity contribution < 1.29 is 9.18 Å². The third-order valence-corrected chi connectivity index (χ3v) is 2.85. The van der Waals surface area contributed by atoms with Gasteiger partial charge in [-0.15, -0.1) is 11.6 Å². The molecular formula is C12H15ClFNO. The first-order valence-electron chi connectivity index (χ1n) is 5.15. The lowest BCUT2D eigenvalue weighted by atomic mass is 10.1. The van der Waals surface area contributed by atoms with Crippen LogP contribution in [0.1, 0.15) is 22.8 Å². The summed E-state index contributed by atoms with van der Waals surface area (Å²) in [5.41, 5.74) is 1.14. The third kappa shape index (κ3) is 3.49. The number of hydrogen-bond acceptors (Lipinski definition) is 1. The molecule has 16 heavy (non-hydrogen) atoms. The topological polar surface area (TPSA) is 29.1 Å². The zero-order valence-electron chi connectivity index (χ0n) is 9.39. The second-order valence-corrected chi connectivity index (χ2v) is 4.24. The Morgan fingerprint density at radius 1 is 1.56 bits per heavy atom. The van der Waals surface area contributed by atoms with Crippen LogP contribution >= 0.6 is 11.6 Å². The smallest absolute Gasteiger partial charge is 0.251 e. The number of alkyl halides is 1. The van der Waals surface area contributed by atoms with Gasteiger partial charge in [-0.25, -0.2) is 4.39 Å².